The van der Waals surface area contributed by atoms with E-state index in [2.05, 4.69) is 27.1 Å². The molecule has 2 aromatic heterocycles. The minimum absolute atomic E-state index is 0.730. The van der Waals surface area contributed by atoms with Gasteiger partial charge in [0.25, 0.3) is 0 Å². The third kappa shape index (κ3) is 3.34. The molecule has 1 aliphatic rings. The number of aromatic nitrogens is 2. The van der Waals surface area contributed by atoms with Crippen molar-refractivity contribution in [2.24, 2.45) is 0 Å². The first-order valence-electron chi connectivity index (χ1n) is 8.19. The molecule has 1 fully saturated rings. The molecule has 1 saturated heterocycles. The van der Waals surface area contributed by atoms with Crippen molar-refractivity contribution < 1.29 is 0 Å². The van der Waals surface area contributed by atoms with Crippen LogP contribution in [0.4, 0.5) is 11.5 Å². The molecular weight excluding hydrogens is 276 g/mol. The highest BCUT2D eigenvalue weighted by molar-refractivity contribution is 5.80. The predicted molar refractivity (Wildman–Crippen MR) is 91.3 cm³/mol. The minimum Gasteiger partial charge on any atom is -0.394 e. The summed E-state index contributed by atoms with van der Waals surface area (Å²) in [6.45, 7) is 10.1. The van der Waals surface area contributed by atoms with Gasteiger partial charge in [-0.25, -0.2) is 4.52 Å². The molecular formula is C16H26N6. The van der Waals surface area contributed by atoms with Crippen LogP contribution in [0.1, 0.15) is 13.3 Å². The van der Waals surface area contributed by atoms with Crippen LogP contribution < -0.4 is 11.1 Å². The van der Waals surface area contributed by atoms with E-state index in [9.17, 15) is 0 Å². The number of nitrogen functional groups attached to an aromatic ring is 1. The summed E-state index contributed by atoms with van der Waals surface area (Å²) in [6.07, 6.45) is 3.17. The minimum atomic E-state index is 0.730. The van der Waals surface area contributed by atoms with Gasteiger partial charge in [-0.05, 0) is 25.1 Å². The summed E-state index contributed by atoms with van der Waals surface area (Å²) >= 11 is 0. The zero-order chi connectivity index (χ0) is 15.4. The smallest absolute Gasteiger partial charge is 0.172 e. The van der Waals surface area contributed by atoms with Crippen molar-refractivity contribution in [2.75, 3.05) is 56.9 Å². The van der Waals surface area contributed by atoms with E-state index >= 15 is 0 Å². The van der Waals surface area contributed by atoms with Gasteiger partial charge in [0, 0.05) is 45.5 Å². The lowest BCUT2D eigenvalue weighted by molar-refractivity contribution is 0.136. The Labute approximate surface area is 131 Å². The Bertz CT molecular complexity index is 600. The van der Waals surface area contributed by atoms with Gasteiger partial charge in [-0.1, -0.05) is 13.0 Å². The molecule has 0 spiro atoms. The van der Waals surface area contributed by atoms with Crippen molar-refractivity contribution in [2.45, 2.75) is 13.3 Å². The fourth-order valence-corrected chi connectivity index (χ4v) is 3.03. The second-order valence-electron chi connectivity index (χ2n) is 5.90. The maximum absolute atomic E-state index is 6.14. The van der Waals surface area contributed by atoms with Gasteiger partial charge < -0.3 is 16.0 Å². The summed E-state index contributed by atoms with van der Waals surface area (Å²) in [5.41, 5.74) is 7.83. The number of nitrogens with zero attached hydrogens (tertiary/aromatic N) is 4. The van der Waals surface area contributed by atoms with E-state index in [1.807, 2.05) is 28.9 Å². The third-order valence-electron chi connectivity index (χ3n) is 4.30. The lowest BCUT2D eigenvalue weighted by atomic mass is 10.3. The third-order valence-corrected chi connectivity index (χ3v) is 4.30. The van der Waals surface area contributed by atoms with E-state index in [0.717, 1.165) is 43.2 Å². The van der Waals surface area contributed by atoms with Crippen LogP contribution in [0.5, 0.6) is 0 Å². The normalized spacial score (nSPS) is 17.1. The Morgan fingerprint density at radius 1 is 1.14 bits per heavy atom. The average Bonchev–Trinajstić information content (AvgIpc) is 2.86. The Kier molecular flexibility index (Phi) is 4.80. The van der Waals surface area contributed by atoms with Gasteiger partial charge in [-0.3, -0.25) is 4.90 Å². The summed E-state index contributed by atoms with van der Waals surface area (Å²) < 4.78 is 1.82. The molecule has 0 aromatic carbocycles. The Morgan fingerprint density at radius 2 is 1.86 bits per heavy atom. The maximum atomic E-state index is 6.14. The second-order valence-corrected chi connectivity index (χ2v) is 5.90. The Morgan fingerprint density at radius 3 is 2.55 bits per heavy atom. The van der Waals surface area contributed by atoms with Gasteiger partial charge in [-0.15, -0.1) is 5.10 Å². The molecule has 0 aliphatic carbocycles. The highest BCUT2D eigenvalue weighted by Gasteiger charge is 2.16. The second kappa shape index (κ2) is 6.98. The molecule has 0 saturated carbocycles. The predicted octanol–water partition coefficient (Wildman–Crippen LogP) is 1.36. The molecule has 3 heterocycles. The number of pyridine rings is 1. The van der Waals surface area contributed by atoms with Gasteiger partial charge >= 0.3 is 0 Å². The molecule has 0 radical (unpaired) electrons. The highest BCUT2D eigenvalue weighted by atomic mass is 15.3. The molecule has 2 aromatic rings. The van der Waals surface area contributed by atoms with Gasteiger partial charge in [0.05, 0.1) is 5.52 Å². The largest absolute Gasteiger partial charge is 0.394 e. The van der Waals surface area contributed by atoms with Crippen molar-refractivity contribution in [3.05, 3.63) is 24.4 Å². The molecule has 0 bridgehead atoms. The fraction of sp³-hybridized carbons (Fsp3) is 0.562. The van der Waals surface area contributed by atoms with Gasteiger partial charge in [0.15, 0.2) is 5.82 Å². The summed E-state index contributed by atoms with van der Waals surface area (Å²) in [5, 5.41) is 7.86. The van der Waals surface area contributed by atoms with Gasteiger partial charge in [0.2, 0.25) is 0 Å². The van der Waals surface area contributed by atoms with Gasteiger partial charge in [-0.2, -0.15) is 0 Å². The van der Waals surface area contributed by atoms with Crippen LogP contribution in [-0.4, -0.2) is 65.2 Å². The first kappa shape index (κ1) is 15.1. The molecule has 22 heavy (non-hydrogen) atoms. The molecule has 120 valence electrons. The van der Waals surface area contributed by atoms with E-state index in [1.165, 1.54) is 26.1 Å². The summed E-state index contributed by atoms with van der Waals surface area (Å²) in [4.78, 5) is 5.05. The van der Waals surface area contributed by atoms with Gasteiger partial charge in [0.1, 0.15) is 5.69 Å². The number of hydrogen-bond donors (Lipinski definition) is 2. The molecule has 0 amide bonds. The average molecular weight is 302 g/mol. The van der Waals surface area contributed by atoms with Crippen molar-refractivity contribution in [3.8, 4) is 0 Å². The monoisotopic (exact) mass is 302 g/mol. The summed E-state index contributed by atoms with van der Waals surface area (Å²) in [6, 6.07) is 5.92. The van der Waals surface area contributed by atoms with Crippen LogP contribution in [0, 0.1) is 0 Å². The molecule has 1 aliphatic heterocycles. The highest BCUT2D eigenvalue weighted by Crippen LogP contribution is 2.22. The standard InChI is InChI=1S/C16H26N6/c1-2-7-20-10-12-21(13-11-20)9-6-18-16-15(17)14-5-3-4-8-22(14)19-16/h3-5,8H,2,6-7,9-13,17H2,1H3,(H,18,19). The molecule has 6 nitrogen and oxygen atoms in total. The molecule has 3 N–H and O–H groups in total. The van der Waals surface area contributed by atoms with Crippen molar-refractivity contribution in [1.82, 2.24) is 19.4 Å². The quantitative estimate of drug-likeness (QED) is 0.843. The van der Waals surface area contributed by atoms with Crippen LogP contribution in [-0.2, 0) is 0 Å². The topological polar surface area (TPSA) is 61.8 Å². The lowest BCUT2D eigenvalue weighted by Gasteiger charge is -2.34. The zero-order valence-electron chi connectivity index (χ0n) is 13.3. The molecule has 3 rings (SSSR count). The number of anilines is 2. The van der Waals surface area contributed by atoms with Crippen molar-refractivity contribution in [1.29, 1.82) is 0 Å². The van der Waals surface area contributed by atoms with E-state index in [1.54, 1.807) is 0 Å². The first-order valence-corrected chi connectivity index (χ1v) is 8.19. The Hall–Kier alpha value is -1.79. The summed E-state index contributed by atoms with van der Waals surface area (Å²) in [7, 11) is 0. The van der Waals surface area contributed by atoms with Crippen LogP contribution in [0.15, 0.2) is 24.4 Å². The maximum Gasteiger partial charge on any atom is 0.172 e. The molecule has 0 unspecified atom stereocenters. The first-order chi connectivity index (χ1) is 10.8. The number of nitrogens with one attached hydrogen (secondary N) is 1. The van der Waals surface area contributed by atoms with Crippen LogP contribution in [0.3, 0.4) is 0 Å². The number of nitrogens with two attached hydrogens (primary N) is 1. The van der Waals surface area contributed by atoms with Crippen LogP contribution >= 0.6 is 0 Å². The van der Waals surface area contributed by atoms with Crippen LogP contribution in [0.2, 0.25) is 0 Å². The SMILES string of the molecule is CCCN1CCN(CCNc2nn3ccccc3c2N)CC1. The van der Waals surface area contributed by atoms with E-state index in [-0.39, 0.29) is 0 Å². The number of piperazine rings is 1. The van der Waals surface area contributed by atoms with E-state index < -0.39 is 0 Å². The van der Waals surface area contributed by atoms with E-state index in [0.29, 0.717) is 0 Å². The van der Waals surface area contributed by atoms with Crippen LogP contribution in [0.25, 0.3) is 5.52 Å². The van der Waals surface area contributed by atoms with Crippen molar-refractivity contribution >= 4 is 17.0 Å². The van der Waals surface area contributed by atoms with Crippen molar-refractivity contribution in [3.63, 3.8) is 0 Å². The number of fused-ring (bicyclic) bond motifs is 1. The number of hydrogen-bond acceptors (Lipinski definition) is 5. The molecule has 6 heteroatoms. The fourth-order valence-electron chi connectivity index (χ4n) is 3.03. The zero-order valence-corrected chi connectivity index (χ0v) is 13.3. The molecule has 0 atom stereocenters. The van der Waals surface area contributed by atoms with E-state index in [4.69, 9.17) is 5.73 Å². The summed E-state index contributed by atoms with van der Waals surface area (Å²) in [5.74, 6) is 0.788. The lowest BCUT2D eigenvalue weighted by Crippen LogP contribution is -2.47. The Balaban J connectivity index is 1.48. The number of rotatable bonds is 6.